The van der Waals surface area contributed by atoms with Gasteiger partial charge in [0, 0.05) is 18.1 Å². The Hall–Kier alpha value is -0.690. The zero-order chi connectivity index (χ0) is 13.0. The van der Waals surface area contributed by atoms with Gasteiger partial charge in [-0.05, 0) is 28.1 Å². The molecule has 96 valence electrons. The van der Waals surface area contributed by atoms with Crippen molar-refractivity contribution in [2.24, 2.45) is 0 Å². The second kappa shape index (κ2) is 6.47. The van der Waals surface area contributed by atoms with Crippen LogP contribution in [0, 0.1) is 0 Å². The Labute approximate surface area is 122 Å². The van der Waals surface area contributed by atoms with Gasteiger partial charge in [-0.2, -0.15) is 0 Å². The molecule has 1 N–H and O–H groups in total. The van der Waals surface area contributed by atoms with Crippen LogP contribution in [0.5, 0.6) is 0 Å². The van der Waals surface area contributed by atoms with E-state index in [1.165, 1.54) is 4.88 Å². The molecule has 0 aliphatic heterocycles. The number of rotatable bonds is 5. The van der Waals surface area contributed by atoms with Gasteiger partial charge in [-0.1, -0.05) is 11.6 Å². The second-order valence-electron chi connectivity index (χ2n) is 3.48. The molecule has 0 spiro atoms. The van der Waals surface area contributed by atoms with E-state index < -0.39 is 0 Å². The molecule has 0 unspecified atom stereocenters. The van der Waals surface area contributed by atoms with Crippen LogP contribution in [0.15, 0.2) is 22.0 Å². The van der Waals surface area contributed by atoms with Crippen LogP contribution in [0.4, 0.5) is 5.82 Å². The molecule has 18 heavy (non-hydrogen) atoms. The van der Waals surface area contributed by atoms with Gasteiger partial charge in [0.2, 0.25) is 0 Å². The average Bonchev–Trinajstić information content (AvgIpc) is 2.72. The van der Waals surface area contributed by atoms with Crippen LogP contribution in [0.3, 0.4) is 0 Å². The van der Waals surface area contributed by atoms with Crippen molar-refractivity contribution in [1.82, 2.24) is 9.97 Å². The maximum atomic E-state index is 5.92. The van der Waals surface area contributed by atoms with Gasteiger partial charge in [0.15, 0.2) is 5.82 Å². The van der Waals surface area contributed by atoms with Crippen LogP contribution in [-0.2, 0) is 17.9 Å². The van der Waals surface area contributed by atoms with E-state index in [-0.39, 0.29) is 0 Å². The second-order valence-corrected chi connectivity index (χ2v) is 6.42. The standard InChI is InChI=1S/C11H11BrClN3OS/c1-17-6-11-15-9(13)4-10(16-11)14-5-7-2-3-8(12)18-7/h2-4H,5-6H2,1H3,(H,14,15,16). The summed E-state index contributed by atoms with van der Waals surface area (Å²) >= 11 is 11.0. The minimum Gasteiger partial charge on any atom is -0.377 e. The van der Waals surface area contributed by atoms with E-state index >= 15 is 0 Å². The van der Waals surface area contributed by atoms with Gasteiger partial charge in [-0.3, -0.25) is 0 Å². The first-order valence-corrected chi connectivity index (χ1v) is 7.16. The molecule has 0 aliphatic rings. The molecule has 2 rings (SSSR count). The first-order chi connectivity index (χ1) is 8.67. The van der Waals surface area contributed by atoms with Crippen molar-refractivity contribution < 1.29 is 4.74 Å². The van der Waals surface area contributed by atoms with E-state index in [4.69, 9.17) is 16.3 Å². The number of ether oxygens (including phenoxy) is 1. The Kier molecular flexibility index (Phi) is 4.94. The van der Waals surface area contributed by atoms with E-state index in [1.54, 1.807) is 24.5 Å². The van der Waals surface area contributed by atoms with Crippen molar-refractivity contribution in [1.29, 1.82) is 0 Å². The highest BCUT2D eigenvalue weighted by molar-refractivity contribution is 9.11. The number of hydrogen-bond acceptors (Lipinski definition) is 5. The molecule has 4 nitrogen and oxygen atoms in total. The lowest BCUT2D eigenvalue weighted by Gasteiger charge is -2.06. The van der Waals surface area contributed by atoms with Crippen molar-refractivity contribution in [2.75, 3.05) is 12.4 Å². The molecular weight excluding hydrogens is 338 g/mol. The van der Waals surface area contributed by atoms with E-state index in [0.717, 1.165) is 3.79 Å². The molecule has 2 aromatic rings. The Balaban J connectivity index is 2.04. The van der Waals surface area contributed by atoms with E-state index in [1.807, 2.05) is 6.07 Å². The van der Waals surface area contributed by atoms with Crippen LogP contribution in [0.2, 0.25) is 5.15 Å². The molecule has 0 bridgehead atoms. The van der Waals surface area contributed by atoms with E-state index in [9.17, 15) is 0 Å². The molecule has 0 amide bonds. The summed E-state index contributed by atoms with van der Waals surface area (Å²) in [7, 11) is 1.60. The molecule has 2 heterocycles. The molecule has 2 aromatic heterocycles. The topological polar surface area (TPSA) is 47.0 Å². The Morgan fingerprint density at radius 1 is 1.44 bits per heavy atom. The van der Waals surface area contributed by atoms with Gasteiger partial charge >= 0.3 is 0 Å². The predicted octanol–water partition coefficient (Wildman–Crippen LogP) is 3.71. The summed E-state index contributed by atoms with van der Waals surface area (Å²) in [5.41, 5.74) is 0. The predicted molar refractivity (Wildman–Crippen MR) is 77.1 cm³/mol. The minimum atomic E-state index is 0.347. The normalized spacial score (nSPS) is 10.6. The summed E-state index contributed by atoms with van der Waals surface area (Å²) in [5, 5.41) is 3.62. The molecule has 0 fully saturated rings. The quantitative estimate of drug-likeness (QED) is 0.837. The number of nitrogens with zero attached hydrogens (tertiary/aromatic N) is 2. The fourth-order valence-electron chi connectivity index (χ4n) is 1.37. The molecule has 0 saturated carbocycles. The van der Waals surface area contributed by atoms with Crippen molar-refractivity contribution >= 4 is 44.7 Å². The summed E-state index contributed by atoms with van der Waals surface area (Å²) in [6, 6.07) is 5.77. The lowest BCUT2D eigenvalue weighted by Crippen LogP contribution is -2.04. The smallest absolute Gasteiger partial charge is 0.158 e. The SMILES string of the molecule is COCc1nc(Cl)cc(NCc2ccc(Br)s2)n1. The number of anilines is 1. The van der Waals surface area contributed by atoms with Crippen LogP contribution >= 0.6 is 38.9 Å². The Morgan fingerprint density at radius 3 is 2.94 bits per heavy atom. The van der Waals surface area contributed by atoms with Gasteiger partial charge in [-0.15, -0.1) is 11.3 Å². The van der Waals surface area contributed by atoms with Gasteiger partial charge in [0.05, 0.1) is 10.3 Å². The third-order valence-electron chi connectivity index (χ3n) is 2.09. The summed E-state index contributed by atoms with van der Waals surface area (Å²) in [4.78, 5) is 9.59. The van der Waals surface area contributed by atoms with Crippen LogP contribution in [0.1, 0.15) is 10.7 Å². The lowest BCUT2D eigenvalue weighted by molar-refractivity contribution is 0.178. The molecule has 7 heteroatoms. The minimum absolute atomic E-state index is 0.347. The monoisotopic (exact) mass is 347 g/mol. The highest BCUT2D eigenvalue weighted by atomic mass is 79.9. The third-order valence-corrected chi connectivity index (χ3v) is 3.90. The highest BCUT2D eigenvalue weighted by Crippen LogP contribution is 2.23. The number of thiophene rings is 1. The third kappa shape index (κ3) is 3.91. The molecular formula is C11H11BrClN3OS. The summed E-state index contributed by atoms with van der Waals surface area (Å²) in [5.74, 6) is 1.27. The largest absolute Gasteiger partial charge is 0.377 e. The molecule has 0 aromatic carbocycles. The van der Waals surface area contributed by atoms with Crippen molar-refractivity contribution in [2.45, 2.75) is 13.2 Å². The number of methoxy groups -OCH3 is 1. The molecule has 0 aliphatic carbocycles. The average molecular weight is 349 g/mol. The summed E-state index contributed by atoms with van der Waals surface area (Å²) < 4.78 is 6.10. The fourth-order valence-corrected chi connectivity index (χ4v) is 3.00. The highest BCUT2D eigenvalue weighted by Gasteiger charge is 2.04. The number of halogens is 2. The molecule has 0 saturated heterocycles. The number of nitrogens with one attached hydrogen (secondary N) is 1. The van der Waals surface area contributed by atoms with Gasteiger partial charge < -0.3 is 10.1 Å². The van der Waals surface area contributed by atoms with Gasteiger partial charge in [0.25, 0.3) is 0 Å². The Bertz CT molecular complexity index is 535. The Morgan fingerprint density at radius 2 is 2.28 bits per heavy atom. The maximum absolute atomic E-state index is 5.92. The van der Waals surface area contributed by atoms with Crippen LogP contribution in [0.25, 0.3) is 0 Å². The van der Waals surface area contributed by atoms with Crippen molar-refractivity contribution in [3.63, 3.8) is 0 Å². The van der Waals surface area contributed by atoms with Crippen LogP contribution in [-0.4, -0.2) is 17.1 Å². The number of aromatic nitrogens is 2. The zero-order valence-electron chi connectivity index (χ0n) is 9.61. The first-order valence-electron chi connectivity index (χ1n) is 5.18. The first kappa shape index (κ1) is 13.7. The molecule has 0 radical (unpaired) electrons. The van der Waals surface area contributed by atoms with Crippen LogP contribution < -0.4 is 5.32 Å². The lowest BCUT2D eigenvalue weighted by atomic mass is 10.4. The van der Waals surface area contributed by atoms with E-state index in [2.05, 4.69) is 37.3 Å². The van der Waals surface area contributed by atoms with Crippen molar-refractivity contribution in [3.05, 3.63) is 37.8 Å². The van der Waals surface area contributed by atoms with Gasteiger partial charge in [0.1, 0.15) is 17.6 Å². The van der Waals surface area contributed by atoms with Crippen molar-refractivity contribution in [3.8, 4) is 0 Å². The summed E-state index contributed by atoms with van der Waals surface area (Å²) in [6.45, 7) is 1.05. The van der Waals surface area contributed by atoms with E-state index in [0.29, 0.717) is 29.9 Å². The fraction of sp³-hybridized carbons (Fsp3) is 0.273. The van der Waals surface area contributed by atoms with Gasteiger partial charge in [-0.25, -0.2) is 9.97 Å². The number of hydrogen-bond donors (Lipinski definition) is 1. The summed E-state index contributed by atoms with van der Waals surface area (Å²) in [6.07, 6.45) is 0. The maximum Gasteiger partial charge on any atom is 0.158 e. The molecule has 0 atom stereocenters. The zero-order valence-corrected chi connectivity index (χ0v) is 12.8.